The van der Waals surface area contributed by atoms with Gasteiger partial charge in [0.25, 0.3) is 5.91 Å². The summed E-state index contributed by atoms with van der Waals surface area (Å²) in [5.74, 6) is -0.0237. The number of nitrogens with zero attached hydrogens (tertiary/aromatic N) is 2. The topological polar surface area (TPSA) is 39.0 Å². The molecule has 2 aromatic carbocycles. The molecule has 2 heterocycles. The summed E-state index contributed by atoms with van der Waals surface area (Å²) < 4.78 is 3.61. The van der Waals surface area contributed by atoms with Gasteiger partial charge in [0.1, 0.15) is 5.69 Å². The average Bonchev–Trinajstić information content (AvgIpc) is 3.24. The fourth-order valence-corrected chi connectivity index (χ4v) is 3.33. The highest BCUT2D eigenvalue weighted by molar-refractivity contribution is 6.02. The molecule has 0 atom stereocenters. The molecule has 0 spiro atoms. The number of rotatable bonds is 3. The lowest BCUT2D eigenvalue weighted by Crippen LogP contribution is -2.14. The van der Waals surface area contributed by atoms with Gasteiger partial charge >= 0.3 is 0 Å². The number of benzene rings is 2. The first-order valence-corrected chi connectivity index (χ1v) is 8.64. The van der Waals surface area contributed by atoms with Gasteiger partial charge in [-0.25, -0.2) is 0 Å². The lowest BCUT2D eigenvalue weighted by molar-refractivity contribution is 0.0957. The van der Waals surface area contributed by atoms with E-state index in [0.29, 0.717) is 5.69 Å². The zero-order valence-electron chi connectivity index (χ0n) is 15.2. The van der Waals surface area contributed by atoms with E-state index < -0.39 is 0 Å². The van der Waals surface area contributed by atoms with Crippen molar-refractivity contribution in [2.75, 3.05) is 12.4 Å². The summed E-state index contributed by atoms with van der Waals surface area (Å²) in [5, 5.41) is 4.20. The molecule has 2 aromatic heterocycles. The Morgan fingerprint density at radius 1 is 0.962 bits per heavy atom. The molecular formula is C22H21N3O. The third kappa shape index (κ3) is 2.69. The van der Waals surface area contributed by atoms with Crippen LogP contribution in [0.25, 0.3) is 22.0 Å². The van der Waals surface area contributed by atoms with Crippen LogP contribution in [0, 0.1) is 6.92 Å². The Morgan fingerprint density at radius 2 is 1.73 bits per heavy atom. The largest absolute Gasteiger partial charge is 0.388 e. The van der Waals surface area contributed by atoms with Gasteiger partial charge in [-0.05, 0) is 48.9 Å². The molecule has 0 saturated carbocycles. The first kappa shape index (κ1) is 16.2. The SMILES string of the molecule is CNc1ccc(-c2cc(C(=O)n3ccc4cc(C)ccc43)n(C)c2)cc1. The van der Waals surface area contributed by atoms with Gasteiger partial charge in [-0.15, -0.1) is 0 Å². The number of aryl methyl sites for hydroxylation is 2. The van der Waals surface area contributed by atoms with Crippen molar-refractivity contribution in [1.29, 1.82) is 0 Å². The van der Waals surface area contributed by atoms with Gasteiger partial charge in [-0.2, -0.15) is 0 Å². The van der Waals surface area contributed by atoms with E-state index in [0.717, 1.165) is 27.7 Å². The predicted molar refractivity (Wildman–Crippen MR) is 107 cm³/mol. The molecule has 0 aliphatic heterocycles. The van der Waals surface area contributed by atoms with E-state index in [1.807, 2.05) is 67.5 Å². The minimum Gasteiger partial charge on any atom is -0.388 e. The maximum Gasteiger partial charge on any atom is 0.278 e. The summed E-state index contributed by atoms with van der Waals surface area (Å²) in [6, 6.07) is 18.3. The molecule has 0 aliphatic carbocycles. The van der Waals surface area contributed by atoms with Crippen LogP contribution >= 0.6 is 0 Å². The predicted octanol–water partition coefficient (Wildman–Crippen LogP) is 4.69. The highest BCUT2D eigenvalue weighted by atomic mass is 16.2. The fraction of sp³-hybridized carbons (Fsp3) is 0.136. The van der Waals surface area contributed by atoms with Crippen molar-refractivity contribution in [3.05, 3.63) is 78.2 Å². The van der Waals surface area contributed by atoms with Crippen LogP contribution in [-0.4, -0.2) is 22.1 Å². The number of hydrogen-bond donors (Lipinski definition) is 1. The van der Waals surface area contributed by atoms with Gasteiger partial charge in [0.2, 0.25) is 0 Å². The molecule has 130 valence electrons. The van der Waals surface area contributed by atoms with Gasteiger partial charge in [0, 0.05) is 43.1 Å². The molecule has 4 nitrogen and oxygen atoms in total. The molecule has 4 aromatic rings. The van der Waals surface area contributed by atoms with Crippen molar-refractivity contribution in [3.8, 4) is 11.1 Å². The molecule has 0 radical (unpaired) electrons. The van der Waals surface area contributed by atoms with Crippen molar-refractivity contribution in [3.63, 3.8) is 0 Å². The van der Waals surface area contributed by atoms with Gasteiger partial charge in [0.15, 0.2) is 0 Å². The maximum absolute atomic E-state index is 13.1. The van der Waals surface area contributed by atoms with E-state index in [1.54, 1.807) is 4.57 Å². The average molecular weight is 343 g/mol. The molecule has 0 fully saturated rings. The van der Waals surface area contributed by atoms with Crippen LogP contribution in [0.5, 0.6) is 0 Å². The van der Waals surface area contributed by atoms with E-state index in [2.05, 4.69) is 30.4 Å². The van der Waals surface area contributed by atoms with Gasteiger partial charge < -0.3 is 9.88 Å². The molecule has 4 rings (SSSR count). The number of aromatic nitrogens is 2. The highest BCUT2D eigenvalue weighted by Crippen LogP contribution is 2.25. The Labute approximate surface area is 152 Å². The molecule has 1 N–H and O–H groups in total. The fourth-order valence-electron chi connectivity index (χ4n) is 3.33. The van der Waals surface area contributed by atoms with E-state index in [4.69, 9.17) is 0 Å². The standard InChI is InChI=1S/C22H21N3O/c1-15-4-9-20-17(12-15)10-11-25(20)22(26)21-13-18(14-24(21)3)16-5-7-19(23-2)8-6-16/h4-14,23H,1-3H3. The van der Waals surface area contributed by atoms with Crippen LogP contribution in [0.4, 0.5) is 5.69 Å². The summed E-state index contributed by atoms with van der Waals surface area (Å²) in [4.78, 5) is 13.1. The maximum atomic E-state index is 13.1. The summed E-state index contributed by atoms with van der Waals surface area (Å²) in [7, 11) is 3.81. The third-order valence-corrected chi connectivity index (χ3v) is 4.80. The number of fused-ring (bicyclic) bond motifs is 1. The first-order valence-electron chi connectivity index (χ1n) is 8.64. The summed E-state index contributed by atoms with van der Waals surface area (Å²) >= 11 is 0. The monoisotopic (exact) mass is 343 g/mol. The summed E-state index contributed by atoms with van der Waals surface area (Å²) in [5.41, 5.74) is 5.97. The second kappa shape index (κ2) is 6.23. The van der Waals surface area contributed by atoms with Crippen molar-refractivity contribution in [2.24, 2.45) is 7.05 Å². The van der Waals surface area contributed by atoms with Gasteiger partial charge in [0.05, 0.1) is 5.52 Å². The molecule has 26 heavy (non-hydrogen) atoms. The Balaban J connectivity index is 1.73. The molecule has 0 saturated heterocycles. The molecule has 4 heteroatoms. The number of carbonyl (C=O) groups excluding carboxylic acids is 1. The minimum absolute atomic E-state index is 0.0237. The number of anilines is 1. The van der Waals surface area contributed by atoms with Crippen LogP contribution in [0.15, 0.2) is 67.0 Å². The lowest BCUT2D eigenvalue weighted by Gasteiger charge is -2.05. The highest BCUT2D eigenvalue weighted by Gasteiger charge is 2.16. The number of hydrogen-bond acceptors (Lipinski definition) is 2. The third-order valence-electron chi connectivity index (χ3n) is 4.80. The van der Waals surface area contributed by atoms with Crippen LogP contribution in [0.2, 0.25) is 0 Å². The summed E-state index contributed by atoms with van der Waals surface area (Å²) in [6.45, 7) is 2.06. The second-order valence-electron chi connectivity index (χ2n) is 6.61. The van der Waals surface area contributed by atoms with Crippen LogP contribution in [0.3, 0.4) is 0 Å². The van der Waals surface area contributed by atoms with Crippen LogP contribution in [-0.2, 0) is 7.05 Å². The summed E-state index contributed by atoms with van der Waals surface area (Å²) in [6.07, 6.45) is 3.85. The van der Waals surface area contributed by atoms with Gasteiger partial charge in [-0.1, -0.05) is 23.8 Å². The quantitative estimate of drug-likeness (QED) is 0.586. The first-order chi connectivity index (χ1) is 12.6. The van der Waals surface area contributed by atoms with Crippen molar-refractivity contribution in [2.45, 2.75) is 6.92 Å². The Morgan fingerprint density at radius 3 is 2.46 bits per heavy atom. The molecule has 0 aliphatic rings. The Kier molecular flexibility index (Phi) is 3.88. The van der Waals surface area contributed by atoms with E-state index in [9.17, 15) is 4.79 Å². The molecular weight excluding hydrogens is 322 g/mol. The lowest BCUT2D eigenvalue weighted by atomic mass is 10.1. The zero-order valence-corrected chi connectivity index (χ0v) is 15.2. The molecule has 0 amide bonds. The second-order valence-corrected chi connectivity index (χ2v) is 6.61. The number of nitrogens with one attached hydrogen (secondary N) is 1. The van der Waals surface area contributed by atoms with Crippen LogP contribution in [0.1, 0.15) is 16.1 Å². The van der Waals surface area contributed by atoms with Crippen molar-refractivity contribution in [1.82, 2.24) is 9.13 Å². The molecule has 0 bridgehead atoms. The Bertz CT molecular complexity index is 1100. The van der Waals surface area contributed by atoms with Crippen molar-refractivity contribution < 1.29 is 4.79 Å². The minimum atomic E-state index is -0.0237. The van der Waals surface area contributed by atoms with E-state index in [1.165, 1.54) is 5.56 Å². The van der Waals surface area contributed by atoms with E-state index >= 15 is 0 Å². The number of carbonyl (C=O) groups is 1. The molecule has 0 unspecified atom stereocenters. The smallest absolute Gasteiger partial charge is 0.278 e. The van der Waals surface area contributed by atoms with Crippen LogP contribution < -0.4 is 5.32 Å². The normalized spacial score (nSPS) is 11.0. The zero-order chi connectivity index (χ0) is 18.3. The van der Waals surface area contributed by atoms with E-state index in [-0.39, 0.29) is 5.91 Å². The Hall–Kier alpha value is -3.27. The van der Waals surface area contributed by atoms with Gasteiger partial charge in [-0.3, -0.25) is 9.36 Å². The van der Waals surface area contributed by atoms with Crippen molar-refractivity contribution >= 4 is 22.5 Å².